The first-order valence-electron chi connectivity index (χ1n) is 7.21. The van der Waals surface area contributed by atoms with Gasteiger partial charge in [-0.15, -0.1) is 0 Å². The van der Waals surface area contributed by atoms with Gasteiger partial charge in [-0.2, -0.15) is 4.31 Å². The highest BCUT2D eigenvalue weighted by atomic mass is 35.5. The fraction of sp³-hybridized carbons (Fsp3) is 0.571. The second-order valence-corrected chi connectivity index (χ2v) is 8.29. The third kappa shape index (κ3) is 2.76. The van der Waals surface area contributed by atoms with Gasteiger partial charge in [0.05, 0.1) is 15.5 Å². The Bertz CT molecular complexity index is 685. The lowest BCUT2D eigenvalue weighted by Crippen LogP contribution is -2.59. The molecule has 2 aliphatic rings. The fourth-order valence-corrected chi connectivity index (χ4v) is 4.96. The Balaban J connectivity index is 1.85. The van der Waals surface area contributed by atoms with Crippen LogP contribution in [-0.2, 0) is 10.0 Å². The summed E-state index contributed by atoms with van der Waals surface area (Å²) in [6, 6.07) is 3.40. The summed E-state index contributed by atoms with van der Waals surface area (Å²) in [6.07, 6.45) is 1.04. The molecule has 1 aromatic rings. The van der Waals surface area contributed by atoms with Crippen molar-refractivity contribution >= 4 is 21.6 Å². The SMILES string of the molecule is O=S(=O)(c1ccc(F)c(Cl)c1)N1CC[C@]2(O)CCNC[C@@H]2C1. The average Bonchev–Trinajstić information content (AvgIpc) is 2.48. The van der Waals surface area contributed by atoms with Gasteiger partial charge < -0.3 is 10.4 Å². The van der Waals surface area contributed by atoms with Gasteiger partial charge in [-0.25, -0.2) is 12.8 Å². The zero-order valence-electron chi connectivity index (χ0n) is 11.9. The van der Waals surface area contributed by atoms with Crippen LogP contribution in [0.15, 0.2) is 23.1 Å². The average molecular weight is 349 g/mol. The number of halogens is 2. The molecule has 0 bridgehead atoms. The topological polar surface area (TPSA) is 69.6 Å². The van der Waals surface area contributed by atoms with E-state index in [1.165, 1.54) is 10.4 Å². The van der Waals surface area contributed by atoms with E-state index in [4.69, 9.17) is 11.6 Å². The maximum absolute atomic E-state index is 13.2. The van der Waals surface area contributed by atoms with E-state index < -0.39 is 21.4 Å². The molecule has 0 spiro atoms. The van der Waals surface area contributed by atoms with Crippen LogP contribution in [0.3, 0.4) is 0 Å². The van der Waals surface area contributed by atoms with Crippen molar-refractivity contribution in [3.63, 3.8) is 0 Å². The Morgan fingerprint density at radius 2 is 2.18 bits per heavy atom. The van der Waals surface area contributed by atoms with Gasteiger partial charge in [0.2, 0.25) is 10.0 Å². The number of aliphatic hydroxyl groups is 1. The number of piperidine rings is 2. The van der Waals surface area contributed by atoms with E-state index in [2.05, 4.69) is 5.32 Å². The summed E-state index contributed by atoms with van der Waals surface area (Å²) < 4.78 is 39.9. The van der Waals surface area contributed by atoms with Crippen molar-refractivity contribution < 1.29 is 17.9 Å². The van der Waals surface area contributed by atoms with Crippen LogP contribution in [0.2, 0.25) is 5.02 Å². The predicted octanol–water partition coefficient (Wildman–Crippen LogP) is 1.21. The van der Waals surface area contributed by atoms with Crippen LogP contribution >= 0.6 is 11.6 Å². The van der Waals surface area contributed by atoms with Crippen molar-refractivity contribution in [2.24, 2.45) is 5.92 Å². The summed E-state index contributed by atoms with van der Waals surface area (Å²) >= 11 is 5.68. The number of nitrogens with one attached hydrogen (secondary N) is 1. The van der Waals surface area contributed by atoms with Crippen molar-refractivity contribution in [3.05, 3.63) is 29.0 Å². The van der Waals surface area contributed by atoms with Crippen molar-refractivity contribution in [3.8, 4) is 0 Å². The van der Waals surface area contributed by atoms with Crippen LogP contribution in [0.5, 0.6) is 0 Å². The molecule has 0 aromatic heterocycles. The molecule has 22 heavy (non-hydrogen) atoms. The van der Waals surface area contributed by atoms with E-state index in [0.717, 1.165) is 18.7 Å². The molecule has 2 N–H and O–H groups in total. The monoisotopic (exact) mass is 348 g/mol. The third-order valence-electron chi connectivity index (χ3n) is 4.63. The van der Waals surface area contributed by atoms with E-state index in [9.17, 15) is 17.9 Å². The summed E-state index contributed by atoms with van der Waals surface area (Å²) in [4.78, 5) is -0.0203. The molecule has 0 amide bonds. The number of sulfonamides is 1. The van der Waals surface area contributed by atoms with E-state index in [1.54, 1.807) is 0 Å². The lowest BCUT2D eigenvalue weighted by molar-refractivity contribution is -0.0744. The van der Waals surface area contributed by atoms with Gasteiger partial charge in [0.15, 0.2) is 0 Å². The van der Waals surface area contributed by atoms with E-state index >= 15 is 0 Å². The molecule has 8 heteroatoms. The molecule has 2 heterocycles. The molecular weight excluding hydrogens is 331 g/mol. The van der Waals surface area contributed by atoms with E-state index in [0.29, 0.717) is 19.4 Å². The van der Waals surface area contributed by atoms with Gasteiger partial charge in [0.1, 0.15) is 5.82 Å². The van der Waals surface area contributed by atoms with Crippen LogP contribution in [0.1, 0.15) is 12.8 Å². The molecule has 0 radical (unpaired) electrons. The minimum absolute atomic E-state index is 0.0203. The minimum Gasteiger partial charge on any atom is -0.389 e. The number of nitrogens with zero attached hydrogens (tertiary/aromatic N) is 1. The zero-order valence-corrected chi connectivity index (χ0v) is 13.5. The smallest absolute Gasteiger partial charge is 0.243 e. The molecule has 2 aliphatic heterocycles. The zero-order chi connectivity index (χ0) is 16.0. The first kappa shape index (κ1) is 16.1. The largest absolute Gasteiger partial charge is 0.389 e. The Kier molecular flexibility index (Phi) is 4.20. The van der Waals surface area contributed by atoms with Gasteiger partial charge in [-0.3, -0.25) is 0 Å². The molecule has 2 atom stereocenters. The van der Waals surface area contributed by atoms with Gasteiger partial charge in [0.25, 0.3) is 0 Å². The number of fused-ring (bicyclic) bond motifs is 1. The predicted molar refractivity (Wildman–Crippen MR) is 80.7 cm³/mol. The molecule has 3 rings (SSSR count). The highest BCUT2D eigenvalue weighted by molar-refractivity contribution is 7.89. The second-order valence-electron chi connectivity index (χ2n) is 5.94. The second kappa shape index (κ2) is 5.72. The van der Waals surface area contributed by atoms with Crippen LogP contribution in [-0.4, -0.2) is 49.6 Å². The van der Waals surface area contributed by atoms with E-state index in [-0.39, 0.29) is 28.9 Å². The van der Waals surface area contributed by atoms with Gasteiger partial charge in [-0.1, -0.05) is 11.6 Å². The highest BCUT2D eigenvalue weighted by Gasteiger charge is 2.45. The first-order valence-corrected chi connectivity index (χ1v) is 9.03. The number of hydrogen-bond acceptors (Lipinski definition) is 4. The lowest BCUT2D eigenvalue weighted by Gasteiger charge is -2.46. The highest BCUT2D eigenvalue weighted by Crippen LogP contribution is 2.35. The fourth-order valence-electron chi connectivity index (χ4n) is 3.20. The molecule has 2 saturated heterocycles. The van der Waals surface area contributed by atoms with Gasteiger partial charge >= 0.3 is 0 Å². The van der Waals surface area contributed by atoms with Crippen molar-refractivity contribution in [2.45, 2.75) is 23.3 Å². The van der Waals surface area contributed by atoms with Gasteiger partial charge in [0, 0.05) is 25.6 Å². The molecule has 2 fully saturated rings. The molecule has 0 aliphatic carbocycles. The van der Waals surface area contributed by atoms with Crippen LogP contribution in [0, 0.1) is 11.7 Å². The van der Waals surface area contributed by atoms with Crippen molar-refractivity contribution in [1.82, 2.24) is 9.62 Å². The normalized spacial score (nSPS) is 30.0. The van der Waals surface area contributed by atoms with Crippen LogP contribution < -0.4 is 5.32 Å². The lowest BCUT2D eigenvalue weighted by atomic mass is 9.77. The molecule has 0 saturated carbocycles. The van der Waals surface area contributed by atoms with Crippen LogP contribution in [0.25, 0.3) is 0 Å². The molecule has 122 valence electrons. The summed E-state index contributed by atoms with van der Waals surface area (Å²) in [5, 5.41) is 13.6. The Morgan fingerprint density at radius 3 is 2.91 bits per heavy atom. The van der Waals surface area contributed by atoms with E-state index in [1.807, 2.05) is 0 Å². The quantitative estimate of drug-likeness (QED) is 0.843. The maximum Gasteiger partial charge on any atom is 0.243 e. The van der Waals surface area contributed by atoms with Gasteiger partial charge in [-0.05, 0) is 37.6 Å². The number of benzene rings is 1. The summed E-state index contributed by atoms with van der Waals surface area (Å²) in [6.45, 7) is 1.84. The Hall–Kier alpha value is -0.730. The standard InChI is InChI=1S/C14H18ClFN2O3S/c15-12-7-11(1-2-13(12)16)22(20,21)18-6-4-14(19)3-5-17-8-10(14)9-18/h1-2,7,10,17,19H,3-6,8-9H2/t10-,14-/m1/s1. The Labute approximate surface area is 134 Å². The summed E-state index contributed by atoms with van der Waals surface area (Å²) in [7, 11) is -3.74. The number of hydrogen-bond donors (Lipinski definition) is 2. The molecular formula is C14H18ClFN2O3S. The van der Waals surface area contributed by atoms with Crippen molar-refractivity contribution in [1.29, 1.82) is 0 Å². The summed E-state index contributed by atoms with van der Waals surface area (Å²) in [5.74, 6) is -0.786. The first-order chi connectivity index (χ1) is 10.3. The minimum atomic E-state index is -3.74. The Morgan fingerprint density at radius 1 is 1.41 bits per heavy atom. The summed E-state index contributed by atoms with van der Waals surface area (Å²) in [5.41, 5.74) is -0.794. The maximum atomic E-state index is 13.2. The van der Waals surface area contributed by atoms with Crippen molar-refractivity contribution in [2.75, 3.05) is 26.2 Å². The molecule has 0 unspecified atom stereocenters. The number of rotatable bonds is 2. The molecule has 5 nitrogen and oxygen atoms in total. The molecule has 1 aromatic carbocycles. The van der Waals surface area contributed by atoms with Crippen LogP contribution in [0.4, 0.5) is 4.39 Å². The third-order valence-corrected chi connectivity index (χ3v) is 6.78.